The molecule has 18 heavy (non-hydrogen) atoms. The second-order valence-corrected chi connectivity index (χ2v) is 4.25. The van der Waals surface area contributed by atoms with Crippen LogP contribution >= 0.6 is 0 Å². The SMILES string of the molecule is C=C(C)/C=C/n1c(=O)n(C)c(=N)c2c1ncn2C. The number of aryl methyl sites for hydroxylation is 1. The van der Waals surface area contributed by atoms with Crippen LogP contribution in [0, 0.1) is 5.41 Å². The summed E-state index contributed by atoms with van der Waals surface area (Å²) >= 11 is 0. The van der Waals surface area contributed by atoms with Gasteiger partial charge in [0.2, 0.25) is 0 Å². The van der Waals surface area contributed by atoms with E-state index in [0.717, 1.165) is 5.57 Å². The van der Waals surface area contributed by atoms with E-state index in [4.69, 9.17) is 5.41 Å². The maximum atomic E-state index is 12.1. The molecule has 0 bridgehead atoms. The number of nitrogens with one attached hydrogen (secondary N) is 1. The third kappa shape index (κ3) is 1.71. The molecule has 0 aliphatic rings. The van der Waals surface area contributed by atoms with Crippen LogP contribution in [0.4, 0.5) is 0 Å². The van der Waals surface area contributed by atoms with E-state index in [9.17, 15) is 4.79 Å². The zero-order valence-corrected chi connectivity index (χ0v) is 10.6. The predicted octanol–water partition coefficient (Wildman–Crippen LogP) is 0.600. The number of allylic oxidation sites excluding steroid dienone is 2. The number of hydrogen-bond acceptors (Lipinski definition) is 3. The fourth-order valence-electron chi connectivity index (χ4n) is 1.71. The Bertz CT molecular complexity index is 772. The van der Waals surface area contributed by atoms with Crippen molar-refractivity contribution in [3.8, 4) is 0 Å². The fourth-order valence-corrected chi connectivity index (χ4v) is 1.71. The van der Waals surface area contributed by atoms with Crippen molar-refractivity contribution in [3.63, 3.8) is 0 Å². The van der Waals surface area contributed by atoms with Crippen LogP contribution in [0.3, 0.4) is 0 Å². The lowest BCUT2D eigenvalue weighted by Crippen LogP contribution is -2.37. The van der Waals surface area contributed by atoms with Gasteiger partial charge in [0, 0.05) is 20.3 Å². The van der Waals surface area contributed by atoms with E-state index >= 15 is 0 Å². The molecular weight excluding hydrogens is 230 g/mol. The third-order valence-electron chi connectivity index (χ3n) is 2.71. The van der Waals surface area contributed by atoms with E-state index in [0.29, 0.717) is 11.2 Å². The van der Waals surface area contributed by atoms with Crippen LogP contribution in [0.25, 0.3) is 17.4 Å². The Morgan fingerprint density at radius 1 is 1.50 bits per heavy atom. The lowest BCUT2D eigenvalue weighted by Gasteiger charge is -2.06. The molecule has 94 valence electrons. The van der Waals surface area contributed by atoms with Gasteiger partial charge in [-0.05, 0) is 13.0 Å². The first kappa shape index (κ1) is 12.1. The van der Waals surface area contributed by atoms with Crippen LogP contribution in [0.15, 0.2) is 29.3 Å². The van der Waals surface area contributed by atoms with Crippen molar-refractivity contribution in [3.05, 3.63) is 40.5 Å². The van der Waals surface area contributed by atoms with Gasteiger partial charge >= 0.3 is 5.69 Å². The Kier molecular flexibility index (Phi) is 2.78. The highest BCUT2D eigenvalue weighted by Gasteiger charge is 2.10. The van der Waals surface area contributed by atoms with E-state index in [2.05, 4.69) is 11.6 Å². The molecule has 0 spiro atoms. The van der Waals surface area contributed by atoms with E-state index in [-0.39, 0.29) is 11.2 Å². The minimum Gasteiger partial charge on any atom is -0.329 e. The first-order chi connectivity index (χ1) is 8.43. The topological polar surface area (TPSA) is 68.6 Å². The van der Waals surface area contributed by atoms with Gasteiger partial charge in [-0.25, -0.2) is 9.78 Å². The number of rotatable bonds is 2. The van der Waals surface area contributed by atoms with Crippen molar-refractivity contribution >= 4 is 17.4 Å². The summed E-state index contributed by atoms with van der Waals surface area (Å²) in [6.07, 6.45) is 4.95. The van der Waals surface area contributed by atoms with E-state index in [1.807, 2.05) is 6.92 Å². The van der Waals surface area contributed by atoms with E-state index < -0.39 is 0 Å². The van der Waals surface area contributed by atoms with Gasteiger partial charge in [0.25, 0.3) is 0 Å². The zero-order chi connectivity index (χ0) is 13.4. The smallest absolute Gasteiger partial charge is 0.329 e. The molecule has 0 saturated heterocycles. The Balaban J connectivity index is 2.93. The molecule has 0 atom stereocenters. The van der Waals surface area contributed by atoms with Gasteiger partial charge in [-0.3, -0.25) is 14.5 Å². The molecule has 0 fully saturated rings. The molecule has 0 aliphatic carbocycles. The largest absolute Gasteiger partial charge is 0.335 e. The van der Waals surface area contributed by atoms with Gasteiger partial charge in [0.05, 0.1) is 6.33 Å². The van der Waals surface area contributed by atoms with Crippen LogP contribution < -0.4 is 11.2 Å². The zero-order valence-electron chi connectivity index (χ0n) is 10.6. The molecule has 2 rings (SSSR count). The number of nitrogens with zero attached hydrogens (tertiary/aromatic N) is 4. The molecule has 0 aromatic carbocycles. The molecule has 0 saturated carbocycles. The first-order valence-corrected chi connectivity index (χ1v) is 5.44. The number of fused-ring (bicyclic) bond motifs is 1. The Morgan fingerprint density at radius 3 is 2.78 bits per heavy atom. The maximum absolute atomic E-state index is 12.1. The minimum atomic E-state index is -0.302. The molecule has 0 aliphatic heterocycles. The molecule has 2 aromatic rings. The summed E-state index contributed by atoms with van der Waals surface area (Å²) in [6, 6.07) is 0. The molecule has 0 radical (unpaired) electrons. The average molecular weight is 245 g/mol. The first-order valence-electron chi connectivity index (χ1n) is 5.44. The second kappa shape index (κ2) is 4.14. The molecule has 0 amide bonds. The molecule has 2 heterocycles. The summed E-state index contributed by atoms with van der Waals surface area (Å²) < 4.78 is 4.43. The standard InChI is InChI=1S/C12H15N5O/c1-8(2)5-6-17-11-9(15(3)7-14-11)10(13)16(4)12(17)18/h5-7,13H,1H2,2-4H3/b6-5+,13-10?. The highest BCUT2D eigenvalue weighted by molar-refractivity contribution is 5.71. The summed E-state index contributed by atoms with van der Waals surface area (Å²) in [7, 11) is 3.37. The van der Waals surface area contributed by atoms with Crippen LogP contribution in [0.1, 0.15) is 6.92 Å². The summed E-state index contributed by atoms with van der Waals surface area (Å²) in [5.74, 6) is 0. The lowest BCUT2D eigenvalue weighted by molar-refractivity contribution is 0.729. The Labute approximate surface area is 104 Å². The van der Waals surface area contributed by atoms with Crippen molar-refractivity contribution in [2.45, 2.75) is 6.92 Å². The quantitative estimate of drug-likeness (QED) is 0.787. The van der Waals surface area contributed by atoms with E-state index in [1.54, 1.807) is 37.3 Å². The monoisotopic (exact) mass is 245 g/mol. The number of aromatic nitrogens is 4. The third-order valence-corrected chi connectivity index (χ3v) is 2.71. The van der Waals surface area contributed by atoms with Crippen molar-refractivity contribution in [1.29, 1.82) is 5.41 Å². The molecule has 0 unspecified atom stereocenters. The van der Waals surface area contributed by atoms with Gasteiger partial charge < -0.3 is 4.57 Å². The van der Waals surface area contributed by atoms with Crippen molar-refractivity contribution < 1.29 is 0 Å². The van der Waals surface area contributed by atoms with Crippen molar-refractivity contribution in [2.75, 3.05) is 0 Å². The van der Waals surface area contributed by atoms with Crippen molar-refractivity contribution in [1.82, 2.24) is 18.7 Å². The molecule has 6 nitrogen and oxygen atoms in total. The highest BCUT2D eigenvalue weighted by Crippen LogP contribution is 2.05. The minimum absolute atomic E-state index is 0.148. The summed E-state index contributed by atoms with van der Waals surface area (Å²) in [6.45, 7) is 5.60. The molecular formula is C12H15N5O. The van der Waals surface area contributed by atoms with Gasteiger partial charge in [-0.1, -0.05) is 12.2 Å². The maximum Gasteiger partial charge on any atom is 0.335 e. The molecule has 2 aromatic heterocycles. The van der Waals surface area contributed by atoms with Gasteiger partial charge in [-0.15, -0.1) is 0 Å². The lowest BCUT2D eigenvalue weighted by atomic mass is 10.3. The average Bonchev–Trinajstić information content (AvgIpc) is 2.68. The summed E-state index contributed by atoms with van der Waals surface area (Å²) in [5.41, 5.74) is 1.77. The van der Waals surface area contributed by atoms with E-state index in [1.165, 1.54) is 9.13 Å². The molecule has 6 heteroatoms. The number of imidazole rings is 1. The number of hydrogen-bond donors (Lipinski definition) is 1. The van der Waals surface area contributed by atoms with Crippen LogP contribution in [-0.2, 0) is 14.1 Å². The van der Waals surface area contributed by atoms with Gasteiger partial charge in [0.15, 0.2) is 11.1 Å². The summed E-state index contributed by atoms with van der Waals surface area (Å²) in [4.78, 5) is 16.3. The Morgan fingerprint density at radius 2 is 2.17 bits per heavy atom. The fraction of sp³-hybridized carbons (Fsp3) is 0.250. The van der Waals surface area contributed by atoms with Crippen LogP contribution in [-0.4, -0.2) is 18.7 Å². The van der Waals surface area contributed by atoms with Crippen molar-refractivity contribution in [2.24, 2.45) is 14.1 Å². The Hall–Kier alpha value is -2.37. The summed E-state index contributed by atoms with van der Waals surface area (Å²) in [5, 5.41) is 7.95. The molecule has 1 N–H and O–H groups in total. The van der Waals surface area contributed by atoms with Gasteiger partial charge in [-0.2, -0.15) is 0 Å². The normalized spacial score (nSPS) is 11.5. The van der Waals surface area contributed by atoms with Gasteiger partial charge in [0.1, 0.15) is 5.52 Å². The predicted molar refractivity (Wildman–Crippen MR) is 69.9 cm³/mol. The van der Waals surface area contributed by atoms with Crippen LogP contribution in [0.5, 0.6) is 0 Å². The van der Waals surface area contributed by atoms with Crippen LogP contribution in [0.2, 0.25) is 0 Å². The highest BCUT2D eigenvalue weighted by atomic mass is 16.1. The second-order valence-electron chi connectivity index (χ2n) is 4.25.